The normalized spacial score (nSPS) is 11.8. The van der Waals surface area contributed by atoms with Crippen molar-refractivity contribution in [3.05, 3.63) is 29.8 Å². The zero-order valence-corrected chi connectivity index (χ0v) is 13.2. The maximum Gasteiger partial charge on any atom is 0.260 e. The molecule has 0 N–H and O–H groups in total. The fourth-order valence-electron chi connectivity index (χ4n) is 2.21. The number of likely N-dealkylation sites (N-methyl/N-ethyl adjacent to an activating group) is 2. The van der Waals surface area contributed by atoms with Crippen molar-refractivity contribution in [3.8, 4) is 11.8 Å². The van der Waals surface area contributed by atoms with E-state index in [1.165, 1.54) is 0 Å². The Labute approximate surface area is 126 Å². The third-order valence-electron chi connectivity index (χ3n) is 3.17. The van der Waals surface area contributed by atoms with Gasteiger partial charge in [0.1, 0.15) is 5.75 Å². The summed E-state index contributed by atoms with van der Waals surface area (Å²) in [5.74, 6) is 0.565. The van der Waals surface area contributed by atoms with E-state index in [-0.39, 0.29) is 18.6 Å². The molecule has 21 heavy (non-hydrogen) atoms. The lowest BCUT2D eigenvalue weighted by atomic mass is 10.2. The van der Waals surface area contributed by atoms with E-state index >= 15 is 0 Å². The second-order valence-corrected chi connectivity index (χ2v) is 5.22. The van der Waals surface area contributed by atoms with Crippen LogP contribution in [0, 0.1) is 11.3 Å². The van der Waals surface area contributed by atoms with Gasteiger partial charge in [0, 0.05) is 19.1 Å². The molecule has 0 radical (unpaired) electrons. The number of amides is 1. The summed E-state index contributed by atoms with van der Waals surface area (Å²) in [4.78, 5) is 16.1. The summed E-state index contributed by atoms with van der Waals surface area (Å²) in [7, 11) is 3.98. The van der Waals surface area contributed by atoms with Gasteiger partial charge in [0.25, 0.3) is 5.91 Å². The monoisotopic (exact) mass is 289 g/mol. The smallest absolute Gasteiger partial charge is 0.260 e. The Kier molecular flexibility index (Phi) is 6.70. The first-order valence-corrected chi connectivity index (χ1v) is 7.05. The zero-order valence-electron chi connectivity index (χ0n) is 13.2. The summed E-state index contributed by atoms with van der Waals surface area (Å²) in [6.45, 7) is 5.48. The molecule has 0 saturated carbocycles. The molecule has 0 heterocycles. The molecule has 0 bridgehead atoms. The van der Waals surface area contributed by atoms with Crippen LogP contribution in [0.5, 0.6) is 5.75 Å². The lowest BCUT2D eigenvalue weighted by Crippen LogP contribution is -2.45. The van der Waals surface area contributed by atoms with Crippen molar-refractivity contribution in [2.45, 2.75) is 19.9 Å². The van der Waals surface area contributed by atoms with E-state index in [4.69, 9.17) is 10.00 Å². The van der Waals surface area contributed by atoms with Crippen LogP contribution in [0.1, 0.15) is 19.4 Å². The van der Waals surface area contributed by atoms with Gasteiger partial charge >= 0.3 is 0 Å². The van der Waals surface area contributed by atoms with Gasteiger partial charge in [0.15, 0.2) is 6.61 Å². The largest absolute Gasteiger partial charge is 0.484 e. The van der Waals surface area contributed by atoms with Gasteiger partial charge in [-0.2, -0.15) is 5.26 Å². The quantitative estimate of drug-likeness (QED) is 0.767. The molecular formula is C16H23N3O2. The van der Waals surface area contributed by atoms with Crippen molar-refractivity contribution in [1.29, 1.82) is 5.26 Å². The summed E-state index contributed by atoms with van der Waals surface area (Å²) in [5, 5.41) is 8.73. The van der Waals surface area contributed by atoms with Gasteiger partial charge in [0.2, 0.25) is 0 Å². The van der Waals surface area contributed by atoms with Crippen molar-refractivity contribution < 1.29 is 9.53 Å². The fourth-order valence-corrected chi connectivity index (χ4v) is 2.21. The third kappa shape index (κ3) is 5.44. The number of nitrogens with zero attached hydrogens (tertiary/aromatic N) is 3. The number of carbonyl (C=O) groups is 1. The van der Waals surface area contributed by atoms with Gasteiger partial charge < -0.3 is 14.5 Å². The Bertz CT molecular complexity index is 491. The Morgan fingerprint density at radius 3 is 2.43 bits per heavy atom. The number of benzene rings is 1. The van der Waals surface area contributed by atoms with Gasteiger partial charge in [-0.05, 0) is 52.2 Å². The third-order valence-corrected chi connectivity index (χ3v) is 3.17. The molecule has 0 saturated heterocycles. The van der Waals surface area contributed by atoms with Crippen LogP contribution in [0.4, 0.5) is 0 Å². The topological polar surface area (TPSA) is 56.6 Å². The second-order valence-electron chi connectivity index (χ2n) is 5.22. The average molecular weight is 289 g/mol. The van der Waals surface area contributed by atoms with E-state index in [0.717, 1.165) is 6.54 Å². The summed E-state index contributed by atoms with van der Waals surface area (Å²) in [5.41, 5.74) is 0.573. The first kappa shape index (κ1) is 17.0. The molecule has 0 aliphatic heterocycles. The molecule has 0 spiro atoms. The number of rotatable bonds is 7. The lowest BCUT2D eigenvalue weighted by Gasteiger charge is -2.30. The van der Waals surface area contributed by atoms with Crippen molar-refractivity contribution in [3.63, 3.8) is 0 Å². The van der Waals surface area contributed by atoms with Crippen molar-refractivity contribution >= 4 is 5.91 Å². The minimum Gasteiger partial charge on any atom is -0.484 e. The number of hydrogen-bond donors (Lipinski definition) is 0. The Morgan fingerprint density at radius 2 is 1.95 bits per heavy atom. The Balaban J connectivity index is 2.55. The van der Waals surface area contributed by atoms with E-state index in [1.54, 1.807) is 24.3 Å². The standard InChI is InChI=1S/C16H23N3O2/c1-5-19(13(2)11-18(3)4)16(20)12-21-15-8-6-14(10-17)7-9-15/h6-9,13H,5,11-12H2,1-4H3. The van der Waals surface area contributed by atoms with E-state index < -0.39 is 0 Å². The van der Waals surface area contributed by atoms with Crippen molar-refractivity contribution in [2.24, 2.45) is 0 Å². The average Bonchev–Trinajstić information content (AvgIpc) is 2.45. The minimum atomic E-state index is -0.0313. The summed E-state index contributed by atoms with van der Waals surface area (Å²) in [6, 6.07) is 8.93. The van der Waals surface area contributed by atoms with Crippen LogP contribution in [0.3, 0.4) is 0 Å². The van der Waals surface area contributed by atoms with Gasteiger partial charge in [-0.1, -0.05) is 0 Å². The maximum absolute atomic E-state index is 12.2. The van der Waals surface area contributed by atoms with Gasteiger partial charge in [0.05, 0.1) is 11.6 Å². The molecule has 5 heteroatoms. The molecule has 1 aromatic rings. The minimum absolute atomic E-state index is 0.0114. The second kappa shape index (κ2) is 8.28. The van der Waals surface area contributed by atoms with Crippen molar-refractivity contribution in [1.82, 2.24) is 9.80 Å². The van der Waals surface area contributed by atoms with Crippen LogP contribution in [-0.2, 0) is 4.79 Å². The molecule has 1 unspecified atom stereocenters. The van der Waals surface area contributed by atoms with Gasteiger partial charge in [-0.25, -0.2) is 0 Å². The first-order valence-electron chi connectivity index (χ1n) is 7.05. The summed E-state index contributed by atoms with van der Waals surface area (Å²) >= 11 is 0. The van der Waals surface area contributed by atoms with Crippen LogP contribution in [0.15, 0.2) is 24.3 Å². The van der Waals surface area contributed by atoms with Gasteiger partial charge in [-0.15, -0.1) is 0 Å². The van der Waals surface area contributed by atoms with E-state index in [2.05, 4.69) is 4.90 Å². The Hall–Kier alpha value is -2.06. The first-order chi connectivity index (χ1) is 9.97. The summed E-state index contributed by atoms with van der Waals surface area (Å²) in [6.07, 6.45) is 0. The highest BCUT2D eigenvalue weighted by atomic mass is 16.5. The van der Waals surface area contributed by atoms with Crippen LogP contribution in [0.25, 0.3) is 0 Å². The van der Waals surface area contributed by atoms with Gasteiger partial charge in [-0.3, -0.25) is 4.79 Å². The lowest BCUT2D eigenvalue weighted by molar-refractivity contribution is -0.135. The zero-order chi connectivity index (χ0) is 15.8. The molecule has 0 aliphatic rings. The molecule has 1 aromatic carbocycles. The molecule has 1 amide bonds. The fraction of sp³-hybridized carbons (Fsp3) is 0.500. The van der Waals surface area contributed by atoms with Crippen LogP contribution in [0.2, 0.25) is 0 Å². The number of hydrogen-bond acceptors (Lipinski definition) is 4. The molecule has 1 rings (SSSR count). The van der Waals surface area contributed by atoms with Crippen LogP contribution >= 0.6 is 0 Å². The number of carbonyl (C=O) groups excluding carboxylic acids is 1. The number of ether oxygens (including phenoxy) is 1. The molecule has 1 atom stereocenters. The highest BCUT2D eigenvalue weighted by molar-refractivity contribution is 5.78. The summed E-state index contributed by atoms with van der Waals surface area (Å²) < 4.78 is 5.49. The Morgan fingerprint density at radius 1 is 1.33 bits per heavy atom. The molecule has 5 nitrogen and oxygen atoms in total. The molecule has 0 fully saturated rings. The maximum atomic E-state index is 12.2. The molecule has 0 aromatic heterocycles. The molecule has 114 valence electrons. The molecular weight excluding hydrogens is 266 g/mol. The highest BCUT2D eigenvalue weighted by Crippen LogP contribution is 2.12. The van der Waals surface area contributed by atoms with Crippen molar-refractivity contribution in [2.75, 3.05) is 33.8 Å². The van der Waals surface area contributed by atoms with E-state index in [9.17, 15) is 4.79 Å². The predicted octanol–water partition coefficient (Wildman–Crippen LogP) is 1.74. The highest BCUT2D eigenvalue weighted by Gasteiger charge is 2.19. The predicted molar refractivity (Wildman–Crippen MR) is 82.1 cm³/mol. The van der Waals surface area contributed by atoms with Crippen LogP contribution < -0.4 is 4.74 Å². The van der Waals surface area contributed by atoms with Crippen LogP contribution in [-0.4, -0.2) is 55.5 Å². The van der Waals surface area contributed by atoms with E-state index in [1.807, 2.05) is 38.9 Å². The molecule has 0 aliphatic carbocycles. The SMILES string of the molecule is CCN(C(=O)COc1ccc(C#N)cc1)C(C)CN(C)C. The number of nitriles is 1. The van der Waals surface area contributed by atoms with E-state index in [0.29, 0.717) is 17.9 Å².